The SMILES string of the molecule is C=C(Br)CNC(=O)c1ccc(OC)c(S(=O)(=O)NC2CCCC2)c1. The Hall–Kier alpha value is -1.38. The van der Waals surface area contributed by atoms with Gasteiger partial charge in [-0.15, -0.1) is 0 Å². The van der Waals surface area contributed by atoms with Gasteiger partial charge in [0.1, 0.15) is 10.6 Å². The highest BCUT2D eigenvalue weighted by atomic mass is 79.9. The number of halogens is 1. The molecule has 6 nitrogen and oxygen atoms in total. The number of rotatable bonds is 7. The molecule has 0 heterocycles. The van der Waals surface area contributed by atoms with E-state index in [0.29, 0.717) is 4.48 Å². The Morgan fingerprint density at radius 1 is 1.38 bits per heavy atom. The predicted molar refractivity (Wildman–Crippen MR) is 96.0 cm³/mol. The van der Waals surface area contributed by atoms with Crippen LogP contribution in [0.15, 0.2) is 34.2 Å². The quantitative estimate of drug-likeness (QED) is 0.714. The zero-order valence-electron chi connectivity index (χ0n) is 13.5. The maximum atomic E-state index is 12.7. The van der Waals surface area contributed by atoms with Crippen LogP contribution >= 0.6 is 15.9 Å². The fourth-order valence-electron chi connectivity index (χ4n) is 2.63. The Morgan fingerprint density at radius 2 is 2.04 bits per heavy atom. The number of benzene rings is 1. The summed E-state index contributed by atoms with van der Waals surface area (Å²) in [6, 6.07) is 4.29. The zero-order chi connectivity index (χ0) is 17.7. The molecule has 0 aromatic heterocycles. The van der Waals surface area contributed by atoms with Crippen molar-refractivity contribution in [3.05, 3.63) is 34.8 Å². The first-order valence-corrected chi connectivity index (χ1v) is 9.93. The third-order valence-corrected chi connectivity index (χ3v) is 5.66. The topological polar surface area (TPSA) is 84.5 Å². The Bertz CT molecular complexity index is 728. The molecule has 1 saturated carbocycles. The molecule has 8 heteroatoms. The summed E-state index contributed by atoms with van der Waals surface area (Å²) in [4.78, 5) is 12.1. The van der Waals surface area contributed by atoms with Crippen LogP contribution in [0, 0.1) is 0 Å². The summed E-state index contributed by atoms with van der Waals surface area (Å²) >= 11 is 3.16. The minimum Gasteiger partial charge on any atom is -0.495 e. The van der Waals surface area contributed by atoms with Crippen LogP contribution in [-0.4, -0.2) is 34.0 Å². The molecule has 1 aliphatic carbocycles. The molecular weight excluding hydrogens is 396 g/mol. The number of methoxy groups -OCH3 is 1. The van der Waals surface area contributed by atoms with Gasteiger partial charge in [0.05, 0.1) is 7.11 Å². The summed E-state index contributed by atoms with van der Waals surface area (Å²) in [6.45, 7) is 3.90. The van der Waals surface area contributed by atoms with Crippen LogP contribution in [0.4, 0.5) is 0 Å². The van der Waals surface area contributed by atoms with E-state index in [4.69, 9.17) is 4.74 Å². The number of amides is 1. The lowest BCUT2D eigenvalue weighted by atomic mass is 10.2. The number of carbonyl (C=O) groups is 1. The fraction of sp³-hybridized carbons (Fsp3) is 0.438. The molecular formula is C16H21BrN2O4S. The lowest BCUT2D eigenvalue weighted by Crippen LogP contribution is -2.33. The number of ether oxygens (including phenoxy) is 1. The van der Waals surface area contributed by atoms with Gasteiger partial charge in [-0.05, 0) is 31.0 Å². The summed E-state index contributed by atoms with van der Waals surface area (Å²) in [7, 11) is -2.35. The number of carbonyl (C=O) groups excluding carboxylic acids is 1. The van der Waals surface area contributed by atoms with Gasteiger partial charge < -0.3 is 10.1 Å². The predicted octanol–water partition coefficient (Wildman–Crippen LogP) is 2.55. The van der Waals surface area contributed by atoms with E-state index < -0.39 is 10.0 Å². The fourth-order valence-corrected chi connectivity index (χ4v) is 4.27. The zero-order valence-corrected chi connectivity index (χ0v) is 15.9. The molecule has 0 aliphatic heterocycles. The molecule has 132 valence electrons. The Labute approximate surface area is 150 Å². The molecule has 0 bridgehead atoms. The minimum absolute atomic E-state index is 0.0257. The first kappa shape index (κ1) is 19.0. The normalized spacial score (nSPS) is 15.2. The molecule has 0 unspecified atom stereocenters. The molecule has 1 aromatic rings. The van der Waals surface area contributed by atoms with Crippen LogP contribution in [0.2, 0.25) is 0 Å². The van der Waals surface area contributed by atoms with E-state index in [1.165, 1.54) is 25.3 Å². The van der Waals surface area contributed by atoms with Gasteiger partial charge in [0.15, 0.2) is 0 Å². The molecule has 0 atom stereocenters. The molecule has 0 spiro atoms. The van der Waals surface area contributed by atoms with Gasteiger partial charge in [-0.3, -0.25) is 4.79 Å². The largest absolute Gasteiger partial charge is 0.495 e. The van der Waals surface area contributed by atoms with Gasteiger partial charge in [-0.2, -0.15) is 0 Å². The molecule has 1 aliphatic rings. The van der Waals surface area contributed by atoms with Gasteiger partial charge in [0.25, 0.3) is 5.91 Å². The monoisotopic (exact) mass is 416 g/mol. The second-order valence-electron chi connectivity index (χ2n) is 5.67. The highest BCUT2D eigenvalue weighted by Gasteiger charge is 2.26. The standard InChI is InChI=1S/C16H21BrN2O4S/c1-11(17)10-18-16(20)12-7-8-14(23-2)15(9-12)24(21,22)19-13-5-3-4-6-13/h7-9,13,19H,1,3-6,10H2,2H3,(H,18,20). The highest BCUT2D eigenvalue weighted by molar-refractivity contribution is 9.11. The molecule has 1 amide bonds. The second-order valence-corrected chi connectivity index (χ2v) is 8.47. The summed E-state index contributed by atoms with van der Waals surface area (Å²) in [6.07, 6.45) is 3.69. The van der Waals surface area contributed by atoms with Crippen molar-refractivity contribution in [2.75, 3.05) is 13.7 Å². The second kappa shape index (κ2) is 8.13. The van der Waals surface area contributed by atoms with Crippen molar-refractivity contribution in [2.24, 2.45) is 0 Å². The van der Waals surface area contributed by atoms with Crippen LogP contribution in [-0.2, 0) is 10.0 Å². The van der Waals surface area contributed by atoms with E-state index in [0.717, 1.165) is 25.7 Å². The van der Waals surface area contributed by atoms with E-state index in [-0.39, 0.29) is 34.7 Å². The van der Waals surface area contributed by atoms with Gasteiger partial charge in [0.2, 0.25) is 10.0 Å². The van der Waals surface area contributed by atoms with E-state index in [9.17, 15) is 13.2 Å². The third-order valence-electron chi connectivity index (χ3n) is 3.83. The molecule has 0 saturated heterocycles. The van der Waals surface area contributed by atoms with Crippen LogP contribution in [0.1, 0.15) is 36.0 Å². The average Bonchev–Trinajstić information content (AvgIpc) is 3.04. The van der Waals surface area contributed by atoms with Gasteiger partial charge in [-0.25, -0.2) is 13.1 Å². The van der Waals surface area contributed by atoms with Gasteiger partial charge in [-0.1, -0.05) is 35.4 Å². The van der Waals surface area contributed by atoms with E-state index in [1.54, 1.807) is 0 Å². The molecule has 2 N–H and O–H groups in total. The summed E-state index contributed by atoms with van der Waals surface area (Å²) in [5, 5.41) is 2.65. The first-order valence-electron chi connectivity index (χ1n) is 7.65. The lowest BCUT2D eigenvalue weighted by Gasteiger charge is -2.15. The van der Waals surface area contributed by atoms with Crippen molar-refractivity contribution < 1.29 is 17.9 Å². The molecule has 1 aromatic carbocycles. The third kappa shape index (κ3) is 4.81. The number of hydrogen-bond acceptors (Lipinski definition) is 4. The Balaban J connectivity index is 2.27. The average molecular weight is 417 g/mol. The number of sulfonamides is 1. The van der Waals surface area contributed by atoms with Crippen molar-refractivity contribution in [3.8, 4) is 5.75 Å². The van der Waals surface area contributed by atoms with Gasteiger partial charge >= 0.3 is 0 Å². The summed E-state index contributed by atoms with van der Waals surface area (Å²) in [5.74, 6) is -0.169. The van der Waals surface area contributed by atoms with E-state index in [2.05, 4.69) is 32.5 Å². The van der Waals surface area contributed by atoms with Crippen LogP contribution in [0.5, 0.6) is 5.75 Å². The molecule has 24 heavy (non-hydrogen) atoms. The summed E-state index contributed by atoms with van der Waals surface area (Å²) in [5.41, 5.74) is 0.247. The van der Waals surface area contributed by atoms with E-state index in [1.807, 2.05) is 0 Å². The highest BCUT2D eigenvalue weighted by Crippen LogP contribution is 2.27. The maximum Gasteiger partial charge on any atom is 0.251 e. The van der Waals surface area contributed by atoms with Gasteiger partial charge in [0, 0.05) is 22.6 Å². The number of nitrogens with one attached hydrogen (secondary N) is 2. The van der Waals surface area contributed by atoms with E-state index >= 15 is 0 Å². The lowest BCUT2D eigenvalue weighted by molar-refractivity contribution is 0.0957. The molecule has 1 fully saturated rings. The first-order chi connectivity index (χ1) is 11.3. The van der Waals surface area contributed by atoms with Crippen molar-refractivity contribution in [2.45, 2.75) is 36.6 Å². The van der Waals surface area contributed by atoms with Crippen molar-refractivity contribution in [1.29, 1.82) is 0 Å². The minimum atomic E-state index is -3.76. The Morgan fingerprint density at radius 3 is 2.62 bits per heavy atom. The molecule has 0 radical (unpaired) electrons. The van der Waals surface area contributed by atoms with Crippen LogP contribution in [0.3, 0.4) is 0 Å². The van der Waals surface area contributed by atoms with Crippen LogP contribution < -0.4 is 14.8 Å². The Kier molecular flexibility index (Phi) is 6.42. The smallest absolute Gasteiger partial charge is 0.251 e. The van der Waals surface area contributed by atoms with Crippen molar-refractivity contribution in [1.82, 2.24) is 10.0 Å². The van der Waals surface area contributed by atoms with Crippen LogP contribution in [0.25, 0.3) is 0 Å². The maximum absolute atomic E-state index is 12.7. The summed E-state index contributed by atoms with van der Waals surface area (Å²) < 4.78 is 33.8. The molecule has 2 rings (SSSR count). The number of hydrogen-bond donors (Lipinski definition) is 2. The van der Waals surface area contributed by atoms with Crippen molar-refractivity contribution in [3.63, 3.8) is 0 Å². The van der Waals surface area contributed by atoms with Crippen molar-refractivity contribution >= 4 is 31.9 Å².